The first-order valence-corrected chi connectivity index (χ1v) is 10.6. The normalized spacial score (nSPS) is 16.6. The average Bonchev–Trinajstić information content (AvgIpc) is 2.75. The largest absolute Gasteiger partial charge is 0.495 e. The molecule has 2 aromatic carbocycles. The Morgan fingerprint density at radius 2 is 1.79 bits per heavy atom. The molecule has 0 radical (unpaired) electrons. The number of anilines is 2. The number of amides is 2. The number of benzene rings is 2. The number of hydrogen-bond acceptors (Lipinski definition) is 4. The molecule has 0 atom stereocenters. The van der Waals surface area contributed by atoms with E-state index in [2.05, 4.69) is 20.8 Å². The predicted octanol–water partition coefficient (Wildman–Crippen LogP) is 3.09. The molecular weight excluding hydrogens is 434 g/mol. The number of aryl methyl sites for hydroxylation is 1. The fraction of sp³-hybridized carbons (Fsp3) is 0.364. The van der Waals surface area contributed by atoms with Crippen LogP contribution in [0, 0.1) is 0 Å². The maximum atomic E-state index is 12.9. The molecule has 1 saturated heterocycles. The lowest BCUT2D eigenvalue weighted by atomic mass is 10.0. The number of carbonyl (C=O) groups is 2. The van der Waals surface area contributed by atoms with Crippen LogP contribution in [0.25, 0.3) is 0 Å². The molecule has 1 fully saturated rings. The lowest BCUT2D eigenvalue weighted by Crippen LogP contribution is -2.52. The minimum atomic E-state index is -0.00574. The molecule has 7 heteroatoms. The van der Waals surface area contributed by atoms with E-state index in [9.17, 15) is 9.59 Å². The second-order valence-corrected chi connectivity index (χ2v) is 8.21. The SMILES string of the molecule is COc1ccccc1N1CCN(C(=O)CN2C(=O)CCc3cc(Br)ccc32)CC1. The molecule has 2 heterocycles. The van der Waals surface area contributed by atoms with Crippen molar-refractivity contribution < 1.29 is 14.3 Å². The van der Waals surface area contributed by atoms with Gasteiger partial charge in [-0.2, -0.15) is 0 Å². The third-order valence-corrected chi connectivity index (χ3v) is 6.09. The van der Waals surface area contributed by atoms with Gasteiger partial charge in [0.15, 0.2) is 0 Å². The highest BCUT2D eigenvalue weighted by molar-refractivity contribution is 9.10. The monoisotopic (exact) mass is 457 g/mol. The summed E-state index contributed by atoms with van der Waals surface area (Å²) < 4.78 is 6.45. The minimum Gasteiger partial charge on any atom is -0.495 e. The summed E-state index contributed by atoms with van der Waals surface area (Å²) in [6, 6.07) is 13.8. The van der Waals surface area contributed by atoms with Gasteiger partial charge in [-0.05, 0) is 42.3 Å². The van der Waals surface area contributed by atoms with Crippen LogP contribution in [0.2, 0.25) is 0 Å². The van der Waals surface area contributed by atoms with E-state index in [1.165, 1.54) is 0 Å². The molecular formula is C22H24BrN3O3. The van der Waals surface area contributed by atoms with Crippen LogP contribution in [0.1, 0.15) is 12.0 Å². The molecule has 0 N–H and O–H groups in total. The highest BCUT2D eigenvalue weighted by Crippen LogP contribution is 2.31. The molecule has 2 aliphatic heterocycles. The Morgan fingerprint density at radius 1 is 1.03 bits per heavy atom. The third kappa shape index (κ3) is 4.10. The zero-order valence-corrected chi connectivity index (χ0v) is 18.0. The number of carbonyl (C=O) groups excluding carboxylic acids is 2. The van der Waals surface area contributed by atoms with Crippen LogP contribution in [0.5, 0.6) is 5.75 Å². The van der Waals surface area contributed by atoms with Gasteiger partial charge in [-0.3, -0.25) is 9.59 Å². The summed E-state index contributed by atoms with van der Waals surface area (Å²) in [5, 5.41) is 0. The van der Waals surface area contributed by atoms with Crippen molar-refractivity contribution in [3.8, 4) is 5.75 Å². The van der Waals surface area contributed by atoms with Gasteiger partial charge in [0.25, 0.3) is 0 Å². The standard InChI is InChI=1S/C22H24BrN3O3/c1-29-20-5-3-2-4-19(20)24-10-12-25(13-11-24)22(28)15-26-18-8-7-17(23)14-16(18)6-9-21(26)27/h2-5,7-8,14H,6,9-13,15H2,1H3. The van der Waals surface area contributed by atoms with E-state index < -0.39 is 0 Å². The smallest absolute Gasteiger partial charge is 0.242 e. The number of para-hydroxylation sites is 2. The Bertz CT molecular complexity index is 925. The molecule has 152 valence electrons. The Labute approximate surface area is 179 Å². The molecule has 29 heavy (non-hydrogen) atoms. The van der Waals surface area contributed by atoms with E-state index in [0.29, 0.717) is 19.5 Å². The Hall–Kier alpha value is -2.54. The average molecular weight is 458 g/mol. The first-order chi connectivity index (χ1) is 14.1. The molecule has 0 saturated carbocycles. The van der Waals surface area contributed by atoms with Crippen LogP contribution in [-0.4, -0.2) is 56.5 Å². The number of methoxy groups -OCH3 is 1. The second-order valence-electron chi connectivity index (χ2n) is 7.29. The van der Waals surface area contributed by atoms with Crippen LogP contribution in [0.3, 0.4) is 0 Å². The van der Waals surface area contributed by atoms with Crippen molar-refractivity contribution in [2.24, 2.45) is 0 Å². The van der Waals surface area contributed by atoms with Gasteiger partial charge in [0.2, 0.25) is 11.8 Å². The zero-order valence-electron chi connectivity index (χ0n) is 16.4. The van der Waals surface area contributed by atoms with Crippen molar-refractivity contribution in [3.63, 3.8) is 0 Å². The van der Waals surface area contributed by atoms with E-state index in [1.54, 1.807) is 12.0 Å². The lowest BCUT2D eigenvalue weighted by molar-refractivity contribution is -0.131. The number of nitrogens with zero attached hydrogens (tertiary/aromatic N) is 3. The first-order valence-electron chi connectivity index (χ1n) is 9.81. The van der Waals surface area contributed by atoms with Crippen molar-refractivity contribution >= 4 is 39.1 Å². The maximum absolute atomic E-state index is 12.9. The highest BCUT2D eigenvalue weighted by Gasteiger charge is 2.29. The first kappa shape index (κ1) is 19.8. The van der Waals surface area contributed by atoms with E-state index >= 15 is 0 Å². The number of ether oxygens (including phenoxy) is 1. The molecule has 4 rings (SSSR count). The van der Waals surface area contributed by atoms with Crippen molar-refractivity contribution in [2.45, 2.75) is 12.8 Å². The van der Waals surface area contributed by atoms with E-state index in [0.717, 1.165) is 46.7 Å². The van der Waals surface area contributed by atoms with Gasteiger partial charge >= 0.3 is 0 Å². The molecule has 6 nitrogen and oxygen atoms in total. The maximum Gasteiger partial charge on any atom is 0.242 e. The fourth-order valence-electron chi connectivity index (χ4n) is 4.02. The van der Waals surface area contributed by atoms with Crippen LogP contribution < -0.4 is 14.5 Å². The Morgan fingerprint density at radius 3 is 2.55 bits per heavy atom. The van der Waals surface area contributed by atoms with Gasteiger partial charge in [-0.15, -0.1) is 0 Å². The Balaban J connectivity index is 1.41. The molecule has 2 aromatic rings. The van der Waals surface area contributed by atoms with E-state index in [4.69, 9.17) is 4.74 Å². The van der Waals surface area contributed by atoms with Crippen molar-refractivity contribution in [2.75, 3.05) is 49.6 Å². The predicted molar refractivity (Wildman–Crippen MR) is 117 cm³/mol. The van der Waals surface area contributed by atoms with Crippen LogP contribution in [0.15, 0.2) is 46.9 Å². The minimum absolute atomic E-state index is 0.00574. The summed E-state index contributed by atoms with van der Waals surface area (Å²) >= 11 is 3.48. The third-order valence-electron chi connectivity index (χ3n) is 5.59. The van der Waals surface area contributed by atoms with E-state index in [-0.39, 0.29) is 18.4 Å². The number of hydrogen-bond donors (Lipinski definition) is 0. The molecule has 0 spiro atoms. The summed E-state index contributed by atoms with van der Waals surface area (Å²) in [6.45, 7) is 2.84. The molecule has 0 aliphatic carbocycles. The number of halogens is 1. The van der Waals surface area contributed by atoms with Crippen molar-refractivity contribution in [1.82, 2.24) is 4.90 Å². The summed E-state index contributed by atoms with van der Waals surface area (Å²) in [5.41, 5.74) is 3.01. The topological polar surface area (TPSA) is 53.1 Å². The van der Waals surface area contributed by atoms with Crippen LogP contribution >= 0.6 is 15.9 Å². The second kappa shape index (κ2) is 8.45. The number of piperazine rings is 1. The van der Waals surface area contributed by atoms with Gasteiger partial charge in [0, 0.05) is 42.8 Å². The van der Waals surface area contributed by atoms with Gasteiger partial charge in [-0.25, -0.2) is 0 Å². The van der Waals surface area contributed by atoms with Crippen molar-refractivity contribution in [3.05, 3.63) is 52.5 Å². The summed E-state index contributed by atoms with van der Waals surface area (Å²) in [6.07, 6.45) is 1.16. The van der Waals surface area contributed by atoms with Gasteiger partial charge < -0.3 is 19.4 Å². The molecule has 2 amide bonds. The highest BCUT2D eigenvalue weighted by atomic mass is 79.9. The van der Waals surface area contributed by atoms with Gasteiger partial charge in [0.1, 0.15) is 12.3 Å². The molecule has 0 bridgehead atoms. The molecule has 0 unspecified atom stereocenters. The summed E-state index contributed by atoms with van der Waals surface area (Å²) in [4.78, 5) is 31.2. The van der Waals surface area contributed by atoms with Gasteiger partial charge in [-0.1, -0.05) is 28.1 Å². The zero-order chi connectivity index (χ0) is 20.4. The van der Waals surface area contributed by atoms with Crippen LogP contribution in [-0.2, 0) is 16.0 Å². The summed E-state index contributed by atoms with van der Waals surface area (Å²) in [7, 11) is 1.67. The molecule has 0 aromatic heterocycles. The number of rotatable bonds is 4. The lowest BCUT2D eigenvalue weighted by Gasteiger charge is -2.38. The summed E-state index contributed by atoms with van der Waals surface area (Å²) in [5.74, 6) is 0.851. The van der Waals surface area contributed by atoms with Crippen LogP contribution in [0.4, 0.5) is 11.4 Å². The van der Waals surface area contributed by atoms with E-state index in [1.807, 2.05) is 47.4 Å². The molecule has 2 aliphatic rings. The fourth-order valence-corrected chi connectivity index (χ4v) is 4.43. The number of fused-ring (bicyclic) bond motifs is 1. The van der Waals surface area contributed by atoms with Crippen molar-refractivity contribution in [1.29, 1.82) is 0 Å². The quantitative estimate of drug-likeness (QED) is 0.707. The Kier molecular flexibility index (Phi) is 5.76. The van der Waals surface area contributed by atoms with Gasteiger partial charge in [0.05, 0.1) is 12.8 Å².